The van der Waals surface area contributed by atoms with Gasteiger partial charge >= 0.3 is 0 Å². The summed E-state index contributed by atoms with van der Waals surface area (Å²) in [5, 5.41) is 7.34. The van der Waals surface area contributed by atoms with Crippen LogP contribution in [0.25, 0.3) is 11.0 Å². The fourth-order valence-electron chi connectivity index (χ4n) is 4.27. The third-order valence-electron chi connectivity index (χ3n) is 5.49. The van der Waals surface area contributed by atoms with Crippen molar-refractivity contribution in [2.45, 2.75) is 57.7 Å². The van der Waals surface area contributed by atoms with E-state index < -0.39 is 0 Å². The molecule has 4 nitrogen and oxygen atoms in total. The van der Waals surface area contributed by atoms with Crippen LogP contribution >= 0.6 is 12.4 Å². The van der Waals surface area contributed by atoms with E-state index in [2.05, 4.69) is 10.6 Å². The van der Waals surface area contributed by atoms with Gasteiger partial charge in [0.05, 0.1) is 6.54 Å². The molecular weight excluding hydrogens is 343 g/mol. The van der Waals surface area contributed by atoms with Gasteiger partial charge in [-0.15, -0.1) is 12.4 Å². The van der Waals surface area contributed by atoms with Crippen molar-refractivity contribution in [2.24, 2.45) is 5.92 Å². The minimum Gasteiger partial charge on any atom is -0.459 e. The topological polar surface area (TPSA) is 54.3 Å². The molecule has 25 heavy (non-hydrogen) atoms. The van der Waals surface area contributed by atoms with Gasteiger partial charge in [-0.1, -0.05) is 0 Å². The summed E-state index contributed by atoms with van der Waals surface area (Å²) in [5.74, 6) is 0.985. The minimum absolute atomic E-state index is 0. The van der Waals surface area contributed by atoms with Crippen LogP contribution in [-0.4, -0.2) is 18.0 Å². The zero-order chi connectivity index (χ0) is 16.7. The van der Waals surface area contributed by atoms with Gasteiger partial charge in [-0.05, 0) is 56.7 Å². The first kappa shape index (κ1) is 18.2. The molecular formula is C19H24ClFN2O2. The van der Waals surface area contributed by atoms with Crippen molar-refractivity contribution in [1.29, 1.82) is 0 Å². The van der Waals surface area contributed by atoms with E-state index in [9.17, 15) is 9.18 Å². The molecule has 6 heteroatoms. The van der Waals surface area contributed by atoms with Crippen LogP contribution in [0.5, 0.6) is 0 Å². The molecule has 2 saturated heterocycles. The maximum atomic E-state index is 13.4. The van der Waals surface area contributed by atoms with Crippen LogP contribution < -0.4 is 10.6 Å². The number of hydrogen-bond donors (Lipinski definition) is 2. The van der Waals surface area contributed by atoms with Gasteiger partial charge in [0.2, 0.25) is 5.91 Å². The zero-order valence-corrected chi connectivity index (χ0v) is 15.1. The van der Waals surface area contributed by atoms with Crippen molar-refractivity contribution < 1.29 is 13.6 Å². The van der Waals surface area contributed by atoms with Crippen LogP contribution in [0.3, 0.4) is 0 Å². The summed E-state index contributed by atoms with van der Waals surface area (Å²) in [6.07, 6.45) is 5.29. The second-order valence-electron chi connectivity index (χ2n) is 7.25. The van der Waals surface area contributed by atoms with Crippen LogP contribution in [0, 0.1) is 18.7 Å². The van der Waals surface area contributed by atoms with E-state index >= 15 is 0 Å². The molecule has 2 fully saturated rings. The van der Waals surface area contributed by atoms with Gasteiger partial charge in [0.15, 0.2) is 0 Å². The van der Waals surface area contributed by atoms with Crippen molar-refractivity contribution >= 4 is 29.3 Å². The number of carbonyl (C=O) groups is 1. The Hall–Kier alpha value is -1.59. The van der Waals surface area contributed by atoms with Gasteiger partial charge in [0.1, 0.15) is 17.2 Å². The lowest BCUT2D eigenvalue weighted by molar-refractivity contribution is -0.122. The summed E-state index contributed by atoms with van der Waals surface area (Å²) in [7, 11) is 0. The van der Waals surface area contributed by atoms with E-state index in [1.165, 1.54) is 25.0 Å². The highest BCUT2D eigenvalue weighted by Crippen LogP contribution is 2.32. The van der Waals surface area contributed by atoms with Crippen molar-refractivity contribution in [3.05, 3.63) is 35.3 Å². The number of aryl methyl sites for hydroxylation is 1. The number of halogens is 2. The second-order valence-corrected chi connectivity index (χ2v) is 7.25. The van der Waals surface area contributed by atoms with Crippen LogP contribution in [0.4, 0.5) is 4.39 Å². The predicted molar refractivity (Wildman–Crippen MR) is 97.3 cm³/mol. The lowest BCUT2D eigenvalue weighted by Gasteiger charge is -2.28. The first-order chi connectivity index (χ1) is 11.6. The number of hydrogen-bond acceptors (Lipinski definition) is 3. The monoisotopic (exact) mass is 366 g/mol. The predicted octanol–water partition coefficient (Wildman–Crippen LogP) is 3.84. The summed E-state index contributed by atoms with van der Waals surface area (Å²) in [5.41, 5.74) is 1.55. The fourth-order valence-corrected chi connectivity index (χ4v) is 4.27. The van der Waals surface area contributed by atoms with E-state index in [1.54, 1.807) is 6.07 Å². The molecule has 1 amide bonds. The number of rotatable bonds is 4. The van der Waals surface area contributed by atoms with Crippen molar-refractivity contribution in [3.8, 4) is 0 Å². The standard InChI is InChI=1S/C19H23FN2O2.ClH/c1-11-16-9-13(20)2-5-17(16)24-18(11)10-21-19(23)8-12-6-14-3-4-15(7-12)22-14;/h2,5,9,12,14-15,22H,3-4,6-8,10H2,1H3,(H,21,23);1H. The van der Waals surface area contributed by atoms with Crippen molar-refractivity contribution in [1.82, 2.24) is 10.6 Å². The highest BCUT2D eigenvalue weighted by Gasteiger charge is 2.34. The maximum absolute atomic E-state index is 13.4. The molecule has 2 unspecified atom stereocenters. The molecule has 2 aromatic rings. The molecule has 2 aliphatic heterocycles. The first-order valence-electron chi connectivity index (χ1n) is 8.79. The van der Waals surface area contributed by atoms with E-state index in [-0.39, 0.29) is 24.1 Å². The number of carbonyl (C=O) groups excluding carboxylic acids is 1. The summed E-state index contributed by atoms with van der Waals surface area (Å²) in [6, 6.07) is 5.71. The summed E-state index contributed by atoms with van der Waals surface area (Å²) >= 11 is 0. The van der Waals surface area contributed by atoms with E-state index in [4.69, 9.17) is 4.42 Å². The Morgan fingerprint density at radius 1 is 1.32 bits per heavy atom. The Balaban J connectivity index is 0.00000182. The normalized spacial score (nSPS) is 25.0. The summed E-state index contributed by atoms with van der Waals surface area (Å²) in [4.78, 5) is 12.3. The van der Waals surface area contributed by atoms with Gasteiger partial charge in [-0.3, -0.25) is 4.79 Å². The molecule has 3 heterocycles. The van der Waals surface area contributed by atoms with Gasteiger partial charge in [-0.25, -0.2) is 4.39 Å². The van der Waals surface area contributed by atoms with E-state index in [0.717, 1.165) is 23.8 Å². The largest absolute Gasteiger partial charge is 0.459 e. The third kappa shape index (κ3) is 3.82. The molecule has 1 aromatic heterocycles. The Bertz CT molecular complexity index is 764. The highest BCUT2D eigenvalue weighted by atomic mass is 35.5. The highest BCUT2D eigenvalue weighted by molar-refractivity contribution is 5.85. The molecule has 2 N–H and O–H groups in total. The molecule has 4 rings (SSSR count). The fraction of sp³-hybridized carbons (Fsp3) is 0.526. The molecule has 2 aliphatic rings. The third-order valence-corrected chi connectivity index (χ3v) is 5.49. The van der Waals surface area contributed by atoms with Gasteiger partial charge in [-0.2, -0.15) is 0 Å². The number of piperidine rings is 1. The SMILES string of the molecule is Cc1c(CNC(=O)CC2CC3CCC(C2)N3)oc2ccc(F)cc12.Cl. The number of furan rings is 1. The lowest BCUT2D eigenvalue weighted by atomic mass is 9.89. The molecule has 1 aromatic carbocycles. The number of benzene rings is 1. The Labute approximate surface area is 152 Å². The smallest absolute Gasteiger partial charge is 0.220 e. The van der Waals surface area contributed by atoms with Crippen LogP contribution in [-0.2, 0) is 11.3 Å². The Kier molecular flexibility index (Phi) is 5.35. The van der Waals surface area contributed by atoms with E-state index in [0.29, 0.717) is 42.3 Å². The van der Waals surface area contributed by atoms with Crippen molar-refractivity contribution in [3.63, 3.8) is 0 Å². The van der Waals surface area contributed by atoms with Crippen LogP contribution in [0.1, 0.15) is 43.4 Å². The van der Waals surface area contributed by atoms with Crippen LogP contribution in [0.15, 0.2) is 22.6 Å². The molecule has 0 saturated carbocycles. The van der Waals surface area contributed by atoms with Gasteiger partial charge < -0.3 is 15.1 Å². The molecule has 2 bridgehead atoms. The van der Waals surface area contributed by atoms with Gasteiger partial charge in [0, 0.05) is 29.5 Å². The molecule has 0 radical (unpaired) electrons. The second kappa shape index (κ2) is 7.34. The van der Waals surface area contributed by atoms with Crippen molar-refractivity contribution in [2.75, 3.05) is 0 Å². The quantitative estimate of drug-likeness (QED) is 0.864. The van der Waals surface area contributed by atoms with E-state index in [1.807, 2.05) is 6.92 Å². The molecule has 136 valence electrons. The number of fused-ring (bicyclic) bond motifs is 3. The molecule has 2 atom stereocenters. The number of amides is 1. The first-order valence-corrected chi connectivity index (χ1v) is 8.79. The van der Waals surface area contributed by atoms with Gasteiger partial charge in [0.25, 0.3) is 0 Å². The number of nitrogens with one attached hydrogen (secondary N) is 2. The average Bonchev–Trinajstić information content (AvgIpc) is 3.05. The van der Waals surface area contributed by atoms with Crippen LogP contribution in [0.2, 0.25) is 0 Å². The zero-order valence-electron chi connectivity index (χ0n) is 14.3. The Morgan fingerprint density at radius 2 is 2.04 bits per heavy atom. The Morgan fingerprint density at radius 3 is 2.76 bits per heavy atom. The minimum atomic E-state index is -0.275. The lowest BCUT2D eigenvalue weighted by Crippen LogP contribution is -2.39. The summed E-state index contributed by atoms with van der Waals surface area (Å²) < 4.78 is 19.1. The summed E-state index contributed by atoms with van der Waals surface area (Å²) in [6.45, 7) is 2.26. The molecule has 0 aliphatic carbocycles. The molecule has 0 spiro atoms. The maximum Gasteiger partial charge on any atom is 0.220 e. The average molecular weight is 367 g/mol.